The number of anilines is 1. The zero-order valence-electron chi connectivity index (χ0n) is 17.5. The summed E-state index contributed by atoms with van der Waals surface area (Å²) in [6.45, 7) is 4.73. The lowest BCUT2D eigenvalue weighted by molar-refractivity contribution is 0.102. The first-order valence-electron chi connectivity index (χ1n) is 9.88. The van der Waals surface area contributed by atoms with Crippen LogP contribution in [0, 0.1) is 13.8 Å². The standard InChI is InChI=1S/C23H21Cl2N5O2/c1-15-3-6-22(16(2)9-15)32-14-29-8-7-21(28-29)23(31)27-18-11-26-30(13-18)12-17-4-5-19(24)20(25)10-17/h3-11,13H,12,14H2,1-2H3,(H,27,31). The summed E-state index contributed by atoms with van der Waals surface area (Å²) in [5.74, 6) is 0.454. The average Bonchev–Trinajstić information content (AvgIpc) is 3.40. The van der Waals surface area contributed by atoms with E-state index < -0.39 is 0 Å². The van der Waals surface area contributed by atoms with Crippen molar-refractivity contribution in [2.45, 2.75) is 27.1 Å². The minimum atomic E-state index is -0.329. The number of hydrogen-bond donors (Lipinski definition) is 1. The largest absolute Gasteiger partial charge is 0.471 e. The van der Waals surface area contributed by atoms with Crippen LogP contribution in [-0.4, -0.2) is 25.5 Å². The summed E-state index contributed by atoms with van der Waals surface area (Å²) < 4.78 is 9.07. The monoisotopic (exact) mass is 469 g/mol. The topological polar surface area (TPSA) is 74.0 Å². The maximum atomic E-state index is 12.5. The molecule has 0 fully saturated rings. The fourth-order valence-corrected chi connectivity index (χ4v) is 3.51. The molecule has 0 atom stereocenters. The number of nitrogens with zero attached hydrogens (tertiary/aromatic N) is 4. The van der Waals surface area contributed by atoms with Crippen LogP contribution in [0.3, 0.4) is 0 Å². The molecule has 0 aliphatic carbocycles. The van der Waals surface area contributed by atoms with Gasteiger partial charge in [-0.2, -0.15) is 10.2 Å². The molecule has 0 saturated carbocycles. The van der Waals surface area contributed by atoms with Crippen molar-refractivity contribution in [2.75, 3.05) is 5.32 Å². The summed E-state index contributed by atoms with van der Waals surface area (Å²) in [5.41, 5.74) is 4.02. The van der Waals surface area contributed by atoms with Crippen LogP contribution < -0.4 is 10.1 Å². The molecule has 0 aliphatic heterocycles. The average molecular weight is 470 g/mol. The fourth-order valence-electron chi connectivity index (χ4n) is 3.19. The Balaban J connectivity index is 1.34. The first kappa shape index (κ1) is 21.9. The molecule has 0 unspecified atom stereocenters. The number of nitrogens with one attached hydrogen (secondary N) is 1. The van der Waals surface area contributed by atoms with E-state index in [0.29, 0.717) is 22.3 Å². The summed E-state index contributed by atoms with van der Waals surface area (Å²) in [5, 5.41) is 12.4. The third-order valence-electron chi connectivity index (χ3n) is 4.78. The smallest absolute Gasteiger partial charge is 0.276 e. The van der Waals surface area contributed by atoms with Crippen molar-refractivity contribution >= 4 is 34.8 Å². The molecule has 2 aromatic heterocycles. The Morgan fingerprint density at radius 2 is 1.91 bits per heavy atom. The van der Waals surface area contributed by atoms with Crippen LogP contribution in [0.2, 0.25) is 10.0 Å². The van der Waals surface area contributed by atoms with Gasteiger partial charge in [-0.05, 0) is 49.2 Å². The Morgan fingerprint density at radius 3 is 2.69 bits per heavy atom. The third-order valence-corrected chi connectivity index (χ3v) is 5.51. The first-order chi connectivity index (χ1) is 15.4. The van der Waals surface area contributed by atoms with Crippen LogP contribution >= 0.6 is 23.2 Å². The summed E-state index contributed by atoms with van der Waals surface area (Å²) in [4.78, 5) is 12.5. The summed E-state index contributed by atoms with van der Waals surface area (Å²) in [6.07, 6.45) is 5.02. The van der Waals surface area contributed by atoms with Crippen molar-refractivity contribution < 1.29 is 9.53 Å². The molecule has 0 saturated heterocycles. The number of amides is 1. The molecule has 0 spiro atoms. The zero-order valence-corrected chi connectivity index (χ0v) is 19.1. The molecule has 4 aromatic rings. The molecule has 0 bridgehead atoms. The molecule has 7 nitrogen and oxygen atoms in total. The first-order valence-corrected chi connectivity index (χ1v) is 10.6. The van der Waals surface area contributed by atoms with E-state index >= 15 is 0 Å². The predicted molar refractivity (Wildman–Crippen MR) is 125 cm³/mol. The lowest BCUT2D eigenvalue weighted by atomic mass is 10.1. The highest BCUT2D eigenvalue weighted by Gasteiger charge is 2.12. The van der Waals surface area contributed by atoms with Gasteiger partial charge in [0.05, 0.1) is 28.5 Å². The van der Waals surface area contributed by atoms with Gasteiger partial charge in [0.2, 0.25) is 0 Å². The molecular formula is C23H21Cl2N5O2. The SMILES string of the molecule is Cc1ccc(OCn2ccc(C(=O)Nc3cnn(Cc4ccc(Cl)c(Cl)c4)c3)n2)c(C)c1. The number of hydrogen-bond acceptors (Lipinski definition) is 4. The molecule has 32 heavy (non-hydrogen) atoms. The number of benzene rings is 2. The molecule has 164 valence electrons. The minimum absolute atomic E-state index is 0.207. The second-order valence-electron chi connectivity index (χ2n) is 7.41. The number of halogens is 2. The highest BCUT2D eigenvalue weighted by Crippen LogP contribution is 2.23. The fraction of sp³-hybridized carbons (Fsp3) is 0.174. The quantitative estimate of drug-likeness (QED) is 0.396. The molecule has 1 amide bonds. The minimum Gasteiger partial charge on any atom is -0.471 e. The van der Waals surface area contributed by atoms with Gasteiger partial charge in [0, 0.05) is 12.4 Å². The number of carbonyl (C=O) groups is 1. The Hall–Kier alpha value is -3.29. The third kappa shape index (κ3) is 5.30. The lowest BCUT2D eigenvalue weighted by Gasteiger charge is -2.09. The lowest BCUT2D eigenvalue weighted by Crippen LogP contribution is -2.14. The maximum Gasteiger partial charge on any atom is 0.276 e. The summed E-state index contributed by atoms with van der Waals surface area (Å²) in [6, 6.07) is 13.0. The van der Waals surface area contributed by atoms with E-state index in [2.05, 4.69) is 21.6 Å². The van der Waals surface area contributed by atoms with Crippen molar-refractivity contribution in [3.8, 4) is 5.75 Å². The van der Waals surface area contributed by atoms with Gasteiger partial charge in [-0.1, -0.05) is 47.0 Å². The summed E-state index contributed by atoms with van der Waals surface area (Å²) >= 11 is 12.0. The van der Waals surface area contributed by atoms with Crippen molar-refractivity contribution in [3.63, 3.8) is 0 Å². The zero-order chi connectivity index (χ0) is 22.7. The molecule has 4 rings (SSSR count). The number of aryl methyl sites for hydroxylation is 2. The Morgan fingerprint density at radius 1 is 1.06 bits per heavy atom. The summed E-state index contributed by atoms with van der Waals surface area (Å²) in [7, 11) is 0. The second-order valence-corrected chi connectivity index (χ2v) is 8.23. The molecule has 1 N–H and O–H groups in total. The maximum absolute atomic E-state index is 12.5. The van der Waals surface area contributed by atoms with Crippen LogP contribution in [0.5, 0.6) is 5.75 Å². The highest BCUT2D eigenvalue weighted by atomic mass is 35.5. The van der Waals surface area contributed by atoms with Crippen molar-refractivity contribution in [1.29, 1.82) is 0 Å². The predicted octanol–water partition coefficient (Wildman–Crippen LogP) is 5.34. The molecule has 0 aliphatic rings. The van der Waals surface area contributed by atoms with Gasteiger partial charge >= 0.3 is 0 Å². The van der Waals surface area contributed by atoms with Crippen molar-refractivity contribution in [2.24, 2.45) is 0 Å². The van der Waals surface area contributed by atoms with E-state index in [1.165, 1.54) is 5.56 Å². The van der Waals surface area contributed by atoms with Crippen LogP contribution in [-0.2, 0) is 13.3 Å². The van der Waals surface area contributed by atoms with Crippen LogP contribution in [0.25, 0.3) is 0 Å². The Labute approximate surface area is 195 Å². The molecule has 9 heteroatoms. The van der Waals surface area contributed by atoms with E-state index in [0.717, 1.165) is 16.9 Å². The Bertz CT molecular complexity index is 1270. The molecule has 0 radical (unpaired) electrons. The van der Waals surface area contributed by atoms with Gasteiger partial charge < -0.3 is 10.1 Å². The second kappa shape index (κ2) is 9.46. The van der Waals surface area contributed by atoms with E-state index in [1.54, 1.807) is 46.2 Å². The normalized spacial score (nSPS) is 10.9. The van der Waals surface area contributed by atoms with E-state index in [1.807, 2.05) is 32.0 Å². The van der Waals surface area contributed by atoms with Crippen molar-refractivity contribution in [1.82, 2.24) is 19.6 Å². The number of carbonyl (C=O) groups excluding carboxylic acids is 1. The van der Waals surface area contributed by atoms with Gasteiger partial charge in [0.1, 0.15) is 5.75 Å². The van der Waals surface area contributed by atoms with Crippen LogP contribution in [0.1, 0.15) is 27.2 Å². The molecular weight excluding hydrogens is 449 g/mol. The van der Waals surface area contributed by atoms with Crippen LogP contribution in [0.4, 0.5) is 5.69 Å². The Kier molecular flexibility index (Phi) is 6.48. The van der Waals surface area contributed by atoms with E-state index in [4.69, 9.17) is 27.9 Å². The van der Waals surface area contributed by atoms with E-state index in [-0.39, 0.29) is 18.3 Å². The molecule has 2 heterocycles. The van der Waals surface area contributed by atoms with Crippen LogP contribution in [0.15, 0.2) is 61.1 Å². The van der Waals surface area contributed by atoms with Gasteiger partial charge in [0.25, 0.3) is 5.91 Å². The van der Waals surface area contributed by atoms with Gasteiger partial charge in [-0.15, -0.1) is 0 Å². The highest BCUT2D eigenvalue weighted by molar-refractivity contribution is 6.42. The molecule has 2 aromatic carbocycles. The van der Waals surface area contributed by atoms with E-state index in [9.17, 15) is 4.79 Å². The number of ether oxygens (including phenoxy) is 1. The van der Waals surface area contributed by atoms with Gasteiger partial charge in [-0.3, -0.25) is 9.48 Å². The number of rotatable bonds is 7. The number of aromatic nitrogens is 4. The van der Waals surface area contributed by atoms with Gasteiger partial charge in [-0.25, -0.2) is 4.68 Å². The van der Waals surface area contributed by atoms with Crippen molar-refractivity contribution in [3.05, 3.63) is 93.5 Å². The van der Waals surface area contributed by atoms with Gasteiger partial charge in [0.15, 0.2) is 12.4 Å².